The number of allylic oxidation sites excluding steroid dienone is 1. The average molecular weight is 388 g/mol. The van der Waals surface area contributed by atoms with Crippen LogP contribution in [0.1, 0.15) is 49.0 Å². The van der Waals surface area contributed by atoms with Gasteiger partial charge in [-0.3, -0.25) is 9.59 Å². The summed E-state index contributed by atoms with van der Waals surface area (Å²) in [5.74, 6) is -0.181. The van der Waals surface area contributed by atoms with Crippen LogP contribution in [-0.4, -0.2) is 42.8 Å². The van der Waals surface area contributed by atoms with Crippen LogP contribution in [0.5, 0.6) is 0 Å². The van der Waals surface area contributed by atoms with Crippen molar-refractivity contribution in [2.75, 3.05) is 20.1 Å². The summed E-state index contributed by atoms with van der Waals surface area (Å²) in [6.45, 7) is 9.05. The highest BCUT2D eigenvalue weighted by atomic mass is 32.2. The highest BCUT2D eigenvalue weighted by molar-refractivity contribution is 8.12. The summed E-state index contributed by atoms with van der Waals surface area (Å²) in [7, 11) is 2.13. The van der Waals surface area contributed by atoms with Crippen LogP contribution in [0.25, 0.3) is 4.91 Å². The van der Waals surface area contributed by atoms with E-state index in [4.69, 9.17) is 5.73 Å². The molecular formula is C21H29N3O2S. The molecule has 0 aliphatic carbocycles. The molecule has 146 valence electrons. The van der Waals surface area contributed by atoms with E-state index in [9.17, 15) is 9.59 Å². The molecule has 27 heavy (non-hydrogen) atoms. The number of ketones is 1. The van der Waals surface area contributed by atoms with Crippen molar-refractivity contribution in [3.05, 3.63) is 52.6 Å². The Morgan fingerprint density at radius 3 is 2.63 bits per heavy atom. The van der Waals surface area contributed by atoms with E-state index in [1.54, 1.807) is 19.1 Å². The Balaban J connectivity index is 1.97. The van der Waals surface area contributed by atoms with Crippen LogP contribution in [0.15, 0.2) is 41.4 Å². The maximum atomic E-state index is 12.6. The predicted molar refractivity (Wildman–Crippen MR) is 113 cm³/mol. The minimum absolute atomic E-state index is 0.00459. The number of hydrogen-bond donors (Lipinski definition) is 2. The molecule has 0 spiro atoms. The quantitative estimate of drug-likeness (QED) is 0.528. The normalized spacial score (nSPS) is 18.1. The van der Waals surface area contributed by atoms with Crippen molar-refractivity contribution < 1.29 is 9.59 Å². The van der Waals surface area contributed by atoms with Gasteiger partial charge in [-0.15, -0.1) is 0 Å². The van der Waals surface area contributed by atoms with Crippen molar-refractivity contribution in [3.63, 3.8) is 0 Å². The Kier molecular flexibility index (Phi) is 7.68. The molecule has 1 aromatic rings. The largest absolute Gasteiger partial charge is 0.401 e. The third kappa shape index (κ3) is 5.97. The van der Waals surface area contributed by atoms with Crippen molar-refractivity contribution in [1.82, 2.24) is 10.2 Å². The van der Waals surface area contributed by atoms with Crippen LogP contribution in [-0.2, 0) is 4.79 Å². The van der Waals surface area contributed by atoms with E-state index in [1.165, 1.54) is 31.5 Å². The van der Waals surface area contributed by atoms with Gasteiger partial charge < -0.3 is 16.0 Å². The Morgan fingerprint density at radius 1 is 1.33 bits per heavy atom. The first-order chi connectivity index (χ1) is 12.8. The molecular weight excluding hydrogens is 358 g/mol. The zero-order valence-corrected chi connectivity index (χ0v) is 17.2. The third-order valence-electron chi connectivity index (χ3n) is 4.82. The number of Topliss-reactive ketones (excluding diaryl/α,β-unsaturated/α-hetero) is 1. The smallest absolute Gasteiger partial charge is 0.259 e. The number of carbonyl (C=O) groups excluding carboxylic acids is 2. The van der Waals surface area contributed by atoms with Crippen LogP contribution in [0.3, 0.4) is 0 Å². The average Bonchev–Trinajstić information content (AvgIpc) is 3.04. The summed E-state index contributed by atoms with van der Waals surface area (Å²) in [5, 5.41) is 2.98. The lowest BCUT2D eigenvalue weighted by Gasteiger charge is -2.19. The molecule has 1 aliphatic heterocycles. The van der Waals surface area contributed by atoms with E-state index in [0.717, 1.165) is 18.5 Å². The molecule has 0 aromatic heterocycles. The summed E-state index contributed by atoms with van der Waals surface area (Å²) >= 11 is 1.24. The number of nitrogens with two attached hydrogens (primary N) is 1. The molecule has 1 aromatic carbocycles. The molecule has 1 atom stereocenters. The molecule has 1 amide bonds. The first-order valence-electron chi connectivity index (χ1n) is 9.22. The van der Waals surface area contributed by atoms with E-state index >= 15 is 0 Å². The van der Waals surface area contributed by atoms with Gasteiger partial charge in [0.1, 0.15) is 0 Å². The Hall–Kier alpha value is -2.05. The molecule has 1 fully saturated rings. The number of benzene rings is 1. The zero-order chi connectivity index (χ0) is 20.0. The van der Waals surface area contributed by atoms with Crippen LogP contribution in [0.4, 0.5) is 0 Å². The number of likely N-dealkylation sites (tertiary alicyclic amines) is 1. The SMILES string of the molecule is C=C(S/C(C(=O)NCCC1CCCN1C)=C(/C)N)c1cccc(C(C)=O)c1. The van der Waals surface area contributed by atoms with E-state index in [0.29, 0.717) is 33.7 Å². The van der Waals surface area contributed by atoms with Gasteiger partial charge in [-0.05, 0) is 58.3 Å². The number of carbonyl (C=O) groups is 2. The van der Waals surface area contributed by atoms with Gasteiger partial charge in [0.15, 0.2) is 5.78 Å². The molecule has 6 heteroatoms. The van der Waals surface area contributed by atoms with Gasteiger partial charge in [0.05, 0.1) is 4.91 Å². The molecule has 0 bridgehead atoms. The van der Waals surface area contributed by atoms with Gasteiger partial charge in [0.2, 0.25) is 0 Å². The number of amides is 1. The molecule has 1 unspecified atom stereocenters. The number of nitrogens with one attached hydrogen (secondary N) is 1. The van der Waals surface area contributed by atoms with Crippen molar-refractivity contribution in [3.8, 4) is 0 Å². The van der Waals surface area contributed by atoms with Crippen molar-refractivity contribution in [2.45, 2.75) is 39.2 Å². The Bertz CT molecular complexity index is 754. The molecule has 1 saturated heterocycles. The number of hydrogen-bond acceptors (Lipinski definition) is 5. The van der Waals surface area contributed by atoms with Crippen LogP contribution in [0, 0.1) is 0 Å². The zero-order valence-electron chi connectivity index (χ0n) is 16.4. The highest BCUT2D eigenvalue weighted by Gasteiger charge is 2.21. The van der Waals surface area contributed by atoms with E-state index < -0.39 is 0 Å². The third-order valence-corrected chi connectivity index (χ3v) is 6.01. The minimum Gasteiger partial charge on any atom is -0.401 e. The van der Waals surface area contributed by atoms with Gasteiger partial charge in [0, 0.05) is 28.8 Å². The summed E-state index contributed by atoms with van der Waals surface area (Å²) in [4.78, 5) is 27.7. The number of nitrogens with zero attached hydrogens (tertiary/aromatic N) is 1. The topological polar surface area (TPSA) is 75.4 Å². The number of rotatable bonds is 8. The maximum absolute atomic E-state index is 12.6. The fourth-order valence-electron chi connectivity index (χ4n) is 3.18. The fourth-order valence-corrected chi connectivity index (χ4v) is 3.99. The van der Waals surface area contributed by atoms with E-state index in [2.05, 4.69) is 23.8 Å². The van der Waals surface area contributed by atoms with Gasteiger partial charge >= 0.3 is 0 Å². The van der Waals surface area contributed by atoms with Crippen LogP contribution >= 0.6 is 11.8 Å². The molecule has 5 nitrogen and oxygen atoms in total. The van der Waals surface area contributed by atoms with Gasteiger partial charge in [0.25, 0.3) is 5.91 Å². The summed E-state index contributed by atoms with van der Waals surface area (Å²) in [5.41, 5.74) is 7.84. The lowest BCUT2D eigenvalue weighted by Crippen LogP contribution is -2.32. The van der Waals surface area contributed by atoms with Crippen molar-refractivity contribution in [1.29, 1.82) is 0 Å². The van der Waals surface area contributed by atoms with Gasteiger partial charge in [-0.1, -0.05) is 36.5 Å². The maximum Gasteiger partial charge on any atom is 0.259 e. The Morgan fingerprint density at radius 2 is 2.04 bits per heavy atom. The number of thioether (sulfide) groups is 1. The monoisotopic (exact) mass is 387 g/mol. The van der Waals surface area contributed by atoms with Gasteiger partial charge in [-0.2, -0.15) is 0 Å². The van der Waals surface area contributed by atoms with Crippen LogP contribution in [0.2, 0.25) is 0 Å². The summed E-state index contributed by atoms with van der Waals surface area (Å²) < 4.78 is 0. The first kappa shape index (κ1) is 21.3. The van der Waals surface area contributed by atoms with Crippen molar-refractivity contribution >= 4 is 28.4 Å². The second kappa shape index (κ2) is 9.76. The fraction of sp³-hybridized carbons (Fsp3) is 0.429. The second-order valence-electron chi connectivity index (χ2n) is 7.00. The standard InChI is InChI=1S/C21H29N3O2S/c1-14(22)20(21(26)23-11-10-19-9-6-12-24(19)4)27-16(3)18-8-5-7-17(13-18)15(2)25/h5,7-8,13,19H,3,6,9-12,22H2,1-2,4H3,(H,23,26)/b20-14-. The Labute approximate surface area is 166 Å². The van der Waals surface area contributed by atoms with Gasteiger partial charge in [-0.25, -0.2) is 0 Å². The molecule has 0 radical (unpaired) electrons. The lowest BCUT2D eigenvalue weighted by molar-refractivity contribution is -0.116. The molecule has 1 aliphatic rings. The molecule has 1 heterocycles. The lowest BCUT2D eigenvalue weighted by atomic mass is 10.1. The van der Waals surface area contributed by atoms with Crippen LogP contribution < -0.4 is 11.1 Å². The molecule has 2 rings (SSSR count). The molecule has 0 saturated carbocycles. The highest BCUT2D eigenvalue weighted by Crippen LogP contribution is 2.33. The summed E-state index contributed by atoms with van der Waals surface area (Å²) in [6.07, 6.45) is 3.34. The van der Waals surface area contributed by atoms with E-state index in [1.807, 2.05) is 12.1 Å². The minimum atomic E-state index is -0.176. The predicted octanol–water partition coefficient (Wildman–Crippen LogP) is 3.38. The first-order valence-corrected chi connectivity index (χ1v) is 10.0. The molecule has 3 N–H and O–H groups in total. The summed E-state index contributed by atoms with van der Waals surface area (Å²) in [6, 6.07) is 7.78. The van der Waals surface area contributed by atoms with Crippen molar-refractivity contribution in [2.24, 2.45) is 5.73 Å². The van der Waals surface area contributed by atoms with E-state index in [-0.39, 0.29) is 11.7 Å². The second-order valence-corrected chi connectivity index (χ2v) is 8.10.